The molecule has 0 fully saturated rings. The SMILES string of the molecule is [Fe].[Ni].[Rh].[Ru]. The smallest absolute Gasteiger partial charge is 0 e. The van der Waals surface area contributed by atoms with E-state index in [0.717, 1.165) is 0 Å². The van der Waals surface area contributed by atoms with Gasteiger partial charge in [0.05, 0.1) is 0 Å². The Bertz CT molecular complexity index is 8.00. The van der Waals surface area contributed by atoms with E-state index in [-0.39, 0.29) is 72.5 Å². The second-order valence-corrected chi connectivity index (χ2v) is 0. The molecule has 0 atom stereocenters. The zero-order chi connectivity index (χ0) is 0. The molecule has 0 saturated heterocycles. The predicted molar refractivity (Wildman–Crippen MR) is 0 cm³/mol. The summed E-state index contributed by atoms with van der Waals surface area (Å²) in [7, 11) is 0. The van der Waals surface area contributed by atoms with Crippen LogP contribution in [-0.4, -0.2) is 0 Å². The summed E-state index contributed by atoms with van der Waals surface area (Å²) in [4.78, 5) is 0. The summed E-state index contributed by atoms with van der Waals surface area (Å²) in [6.07, 6.45) is 0. The van der Waals surface area contributed by atoms with Crippen LogP contribution in [0.4, 0.5) is 0 Å². The molecule has 4 heavy (non-hydrogen) atoms. The Morgan fingerprint density at radius 2 is 1.00 bits per heavy atom. The Morgan fingerprint density at radius 1 is 1.00 bits per heavy atom. The molecule has 0 spiro atoms. The minimum Gasteiger partial charge on any atom is 0 e. The van der Waals surface area contributed by atoms with Gasteiger partial charge in [0.25, 0.3) is 0 Å². The first-order valence-electron chi connectivity index (χ1n) is 0. The topological polar surface area (TPSA) is 0 Å². The third-order valence-electron chi connectivity index (χ3n) is 0. The van der Waals surface area contributed by atoms with Gasteiger partial charge in [-0.1, -0.05) is 0 Å². The van der Waals surface area contributed by atoms with Crippen LogP contribution < -0.4 is 0 Å². The van der Waals surface area contributed by atoms with Crippen LogP contribution >= 0.6 is 0 Å². The molecule has 1 radical (unpaired) electrons. The first-order chi connectivity index (χ1) is 0. The summed E-state index contributed by atoms with van der Waals surface area (Å²) < 4.78 is 0. The third-order valence-corrected chi connectivity index (χ3v) is 0. The minimum atomic E-state index is 0. The number of hydrogen-bond acceptors (Lipinski definition) is 0. The van der Waals surface area contributed by atoms with Gasteiger partial charge in [0, 0.05) is 72.5 Å². The Labute approximate surface area is 71.8 Å². The molecule has 0 aliphatic carbocycles. The van der Waals surface area contributed by atoms with Crippen molar-refractivity contribution in [2.24, 2.45) is 0 Å². The van der Waals surface area contributed by atoms with Crippen LogP contribution in [0.2, 0.25) is 0 Å². The molecule has 0 N–H and O–H groups in total. The molecule has 4 heteroatoms. The van der Waals surface area contributed by atoms with Crippen LogP contribution in [-0.2, 0) is 72.5 Å². The van der Waals surface area contributed by atoms with Crippen molar-refractivity contribution in [1.29, 1.82) is 0 Å². The van der Waals surface area contributed by atoms with E-state index in [9.17, 15) is 0 Å². The maximum atomic E-state index is 0. The average molecular weight is 319 g/mol. The molecule has 0 aromatic carbocycles. The predicted octanol–water partition coefficient (Wildman–Crippen LogP) is -0.0100. The van der Waals surface area contributed by atoms with Gasteiger partial charge >= 0.3 is 0 Å². The van der Waals surface area contributed by atoms with Crippen molar-refractivity contribution in [3.8, 4) is 0 Å². The molecule has 0 bridgehead atoms. The second-order valence-electron chi connectivity index (χ2n) is 0. The second kappa shape index (κ2) is 18.7. The first-order valence-corrected chi connectivity index (χ1v) is 0. The molecule has 0 aliphatic rings. The quantitative estimate of drug-likeness (QED) is 0.551. The van der Waals surface area contributed by atoms with Crippen LogP contribution in [0, 0.1) is 0 Å². The average Bonchev–Trinajstić information content (AvgIpc) is 0. The van der Waals surface area contributed by atoms with E-state index < -0.39 is 0 Å². The Kier molecular flexibility index (Phi) is 158. The number of hydrogen-bond donors (Lipinski definition) is 0. The van der Waals surface area contributed by atoms with Crippen LogP contribution in [0.3, 0.4) is 0 Å². The summed E-state index contributed by atoms with van der Waals surface area (Å²) in [5.74, 6) is 0. The monoisotopic (exact) mass is 319 g/mol. The van der Waals surface area contributed by atoms with Crippen molar-refractivity contribution < 1.29 is 72.5 Å². The van der Waals surface area contributed by atoms with Gasteiger partial charge in [-0.05, 0) is 0 Å². The van der Waals surface area contributed by atoms with Crippen molar-refractivity contribution in [2.45, 2.75) is 0 Å². The first kappa shape index (κ1) is 33.9. The van der Waals surface area contributed by atoms with Crippen molar-refractivity contribution in [2.75, 3.05) is 0 Å². The van der Waals surface area contributed by atoms with E-state index in [0.29, 0.717) is 0 Å². The normalized spacial score (nSPS) is 0. The fourth-order valence-electron chi connectivity index (χ4n) is 0. The van der Waals surface area contributed by atoms with Crippen molar-refractivity contribution in [3.05, 3.63) is 0 Å². The van der Waals surface area contributed by atoms with E-state index in [2.05, 4.69) is 0 Å². The molecule has 35 valence electrons. The Hall–Kier alpha value is 2.26. The van der Waals surface area contributed by atoms with Gasteiger partial charge in [0.15, 0.2) is 0 Å². The molecule has 0 saturated carbocycles. The van der Waals surface area contributed by atoms with Gasteiger partial charge in [-0.3, -0.25) is 0 Å². The zero-order valence-corrected chi connectivity index (χ0v) is 6.83. The summed E-state index contributed by atoms with van der Waals surface area (Å²) in [5, 5.41) is 0. The van der Waals surface area contributed by atoms with Gasteiger partial charge in [0.2, 0.25) is 0 Å². The molecular weight excluding hydrogens is 319 g/mol. The van der Waals surface area contributed by atoms with Crippen LogP contribution in [0.15, 0.2) is 0 Å². The maximum absolute atomic E-state index is 0. The van der Waals surface area contributed by atoms with Crippen molar-refractivity contribution in [1.82, 2.24) is 0 Å². The van der Waals surface area contributed by atoms with Gasteiger partial charge in [-0.15, -0.1) is 0 Å². The van der Waals surface area contributed by atoms with Crippen molar-refractivity contribution >= 4 is 0 Å². The van der Waals surface area contributed by atoms with Gasteiger partial charge in [-0.25, -0.2) is 0 Å². The molecule has 0 amide bonds. The standard InChI is InChI=1S/Fe.Ni.Rh.Ru. The van der Waals surface area contributed by atoms with E-state index >= 15 is 0 Å². The van der Waals surface area contributed by atoms with E-state index in [4.69, 9.17) is 0 Å². The fraction of sp³-hybridized carbons (Fsp3) is 0. The third kappa shape index (κ3) is 8.86. The Balaban J connectivity index is 0. The summed E-state index contributed by atoms with van der Waals surface area (Å²) in [6, 6.07) is 0. The molecule has 0 rings (SSSR count). The molecule has 0 nitrogen and oxygen atoms in total. The number of rotatable bonds is 0. The van der Waals surface area contributed by atoms with Crippen LogP contribution in [0.5, 0.6) is 0 Å². The summed E-state index contributed by atoms with van der Waals surface area (Å²) in [5.41, 5.74) is 0. The summed E-state index contributed by atoms with van der Waals surface area (Å²) >= 11 is 0. The van der Waals surface area contributed by atoms with Crippen LogP contribution in [0.25, 0.3) is 0 Å². The Morgan fingerprint density at radius 3 is 1.00 bits per heavy atom. The van der Waals surface area contributed by atoms with Gasteiger partial charge in [-0.2, -0.15) is 0 Å². The van der Waals surface area contributed by atoms with Crippen molar-refractivity contribution in [3.63, 3.8) is 0 Å². The minimum absolute atomic E-state index is 0. The van der Waals surface area contributed by atoms with Gasteiger partial charge < -0.3 is 0 Å². The zero-order valence-electron chi connectivity index (χ0n) is 1.36. The van der Waals surface area contributed by atoms with Gasteiger partial charge in [0.1, 0.15) is 0 Å². The van der Waals surface area contributed by atoms with Crippen LogP contribution in [0.1, 0.15) is 0 Å². The maximum Gasteiger partial charge on any atom is 0 e. The molecule has 0 aromatic heterocycles. The molecule has 0 aromatic rings. The van der Waals surface area contributed by atoms with E-state index in [1.54, 1.807) is 0 Å². The summed E-state index contributed by atoms with van der Waals surface area (Å²) in [6.45, 7) is 0. The molecule has 0 aliphatic heterocycles. The van der Waals surface area contributed by atoms with E-state index in [1.165, 1.54) is 0 Å². The molecule has 0 heterocycles. The molecule has 0 unspecified atom stereocenters. The van der Waals surface area contributed by atoms with E-state index in [1.807, 2.05) is 0 Å². The molecular formula is FeNiRhRu. The fourth-order valence-corrected chi connectivity index (χ4v) is 0. The largest absolute Gasteiger partial charge is 0 e.